The predicted octanol–water partition coefficient (Wildman–Crippen LogP) is 2.63. The van der Waals surface area contributed by atoms with Crippen LogP contribution in [0.3, 0.4) is 0 Å². The molecule has 1 heterocycles. The Balaban J connectivity index is 2.10. The van der Waals surface area contributed by atoms with Crippen LogP contribution in [0.5, 0.6) is 5.88 Å². The highest BCUT2D eigenvalue weighted by Gasteiger charge is 2.26. The van der Waals surface area contributed by atoms with Crippen LogP contribution in [0.1, 0.15) is 33.1 Å². The fourth-order valence-electron chi connectivity index (χ4n) is 2.58. The maximum Gasteiger partial charge on any atom is 0.273 e. The largest absolute Gasteiger partial charge is 0.473 e. The Morgan fingerprint density at radius 2 is 2.00 bits per heavy atom. The quantitative estimate of drug-likeness (QED) is 0.885. The third kappa shape index (κ3) is 3.00. The molecule has 0 bridgehead atoms. The first-order valence-corrected chi connectivity index (χ1v) is 6.34. The fraction of sp³-hybridized carbons (Fsp3) is 0.667. The third-order valence-electron chi connectivity index (χ3n) is 3.18. The van der Waals surface area contributed by atoms with E-state index in [1.807, 2.05) is 0 Å². The van der Waals surface area contributed by atoms with Crippen molar-refractivity contribution in [1.82, 2.24) is 9.97 Å². The van der Waals surface area contributed by atoms with Crippen LogP contribution in [0.15, 0.2) is 11.1 Å². The molecule has 17 heavy (non-hydrogen) atoms. The van der Waals surface area contributed by atoms with Crippen molar-refractivity contribution in [2.75, 3.05) is 0 Å². The number of ether oxygens (including phenoxy) is 1. The lowest BCUT2D eigenvalue weighted by Crippen LogP contribution is -2.29. The van der Waals surface area contributed by atoms with Crippen LogP contribution in [0.2, 0.25) is 5.02 Å². The summed E-state index contributed by atoms with van der Waals surface area (Å²) in [6, 6.07) is 0. The molecule has 1 aromatic heterocycles. The summed E-state index contributed by atoms with van der Waals surface area (Å²) in [5, 5.41) is 0.0402. The standard InChI is InChI=1S/C12H17ClN2O2/c1-7-3-8(2)5-9(4-7)17-12-10(13)11(16)14-6-15-12/h6-9H,3-5H2,1-2H3,(H,14,15,16). The lowest BCUT2D eigenvalue weighted by molar-refractivity contribution is 0.0965. The zero-order chi connectivity index (χ0) is 12.4. The summed E-state index contributed by atoms with van der Waals surface area (Å²) in [6.07, 6.45) is 4.65. The van der Waals surface area contributed by atoms with Gasteiger partial charge in [0.2, 0.25) is 5.88 Å². The van der Waals surface area contributed by atoms with Gasteiger partial charge in [-0.15, -0.1) is 0 Å². The van der Waals surface area contributed by atoms with E-state index in [-0.39, 0.29) is 22.6 Å². The second kappa shape index (κ2) is 5.08. The van der Waals surface area contributed by atoms with Crippen LogP contribution in [-0.4, -0.2) is 16.1 Å². The Morgan fingerprint density at radius 1 is 1.35 bits per heavy atom. The number of hydrogen-bond acceptors (Lipinski definition) is 3. The van der Waals surface area contributed by atoms with Crippen LogP contribution in [-0.2, 0) is 0 Å². The van der Waals surface area contributed by atoms with E-state index in [1.165, 1.54) is 12.7 Å². The first kappa shape index (κ1) is 12.4. The normalized spacial score (nSPS) is 29.0. The van der Waals surface area contributed by atoms with E-state index < -0.39 is 0 Å². The Bertz CT molecular complexity index is 436. The number of aromatic amines is 1. The van der Waals surface area contributed by atoms with Gasteiger partial charge in [-0.1, -0.05) is 25.4 Å². The van der Waals surface area contributed by atoms with E-state index in [4.69, 9.17) is 16.3 Å². The molecule has 1 saturated carbocycles. The molecule has 2 atom stereocenters. The first-order chi connectivity index (χ1) is 8.06. The second-order valence-electron chi connectivity index (χ2n) is 5.01. The van der Waals surface area contributed by atoms with Gasteiger partial charge in [-0.3, -0.25) is 4.79 Å². The third-order valence-corrected chi connectivity index (χ3v) is 3.51. The maximum atomic E-state index is 11.3. The summed E-state index contributed by atoms with van der Waals surface area (Å²) in [4.78, 5) is 17.7. The lowest BCUT2D eigenvalue weighted by atomic mass is 9.82. The number of aromatic nitrogens is 2. The number of nitrogens with one attached hydrogen (secondary N) is 1. The first-order valence-electron chi connectivity index (χ1n) is 5.96. The lowest BCUT2D eigenvalue weighted by Gasteiger charge is -2.31. The Kier molecular flexibility index (Phi) is 3.72. The number of nitrogens with zero attached hydrogens (tertiary/aromatic N) is 1. The highest BCUT2D eigenvalue weighted by Crippen LogP contribution is 2.31. The SMILES string of the molecule is CC1CC(C)CC(Oc2nc[nH]c(=O)c2Cl)C1. The van der Waals surface area contributed by atoms with Crippen molar-refractivity contribution >= 4 is 11.6 Å². The molecule has 5 heteroatoms. The Hall–Kier alpha value is -1.03. The monoisotopic (exact) mass is 256 g/mol. The summed E-state index contributed by atoms with van der Waals surface area (Å²) in [6.45, 7) is 4.44. The molecule has 2 rings (SSSR count). The molecule has 94 valence electrons. The van der Waals surface area contributed by atoms with Crippen molar-refractivity contribution in [1.29, 1.82) is 0 Å². The summed E-state index contributed by atoms with van der Waals surface area (Å²) >= 11 is 5.85. The van der Waals surface area contributed by atoms with E-state index in [2.05, 4.69) is 23.8 Å². The predicted molar refractivity (Wildman–Crippen MR) is 66.5 cm³/mol. The minimum Gasteiger partial charge on any atom is -0.473 e. The fourth-order valence-corrected chi connectivity index (χ4v) is 2.72. The van der Waals surface area contributed by atoms with E-state index >= 15 is 0 Å². The maximum absolute atomic E-state index is 11.3. The van der Waals surface area contributed by atoms with Crippen molar-refractivity contribution in [3.8, 4) is 5.88 Å². The summed E-state index contributed by atoms with van der Waals surface area (Å²) < 4.78 is 5.74. The number of rotatable bonds is 2. The van der Waals surface area contributed by atoms with Gasteiger partial charge in [-0.25, -0.2) is 4.98 Å². The smallest absolute Gasteiger partial charge is 0.273 e. The van der Waals surface area contributed by atoms with E-state index in [0.717, 1.165) is 12.8 Å². The molecule has 1 fully saturated rings. The summed E-state index contributed by atoms with van der Waals surface area (Å²) in [5.74, 6) is 1.54. The highest BCUT2D eigenvalue weighted by molar-refractivity contribution is 6.31. The summed E-state index contributed by atoms with van der Waals surface area (Å²) in [5.41, 5.74) is -0.353. The van der Waals surface area contributed by atoms with Gasteiger partial charge in [-0.2, -0.15) is 0 Å². The van der Waals surface area contributed by atoms with Crippen LogP contribution < -0.4 is 10.3 Å². The van der Waals surface area contributed by atoms with Crippen LogP contribution in [0.4, 0.5) is 0 Å². The zero-order valence-corrected chi connectivity index (χ0v) is 10.8. The van der Waals surface area contributed by atoms with Crippen LogP contribution >= 0.6 is 11.6 Å². The van der Waals surface area contributed by atoms with Gasteiger partial charge in [0.25, 0.3) is 5.56 Å². The molecule has 1 aromatic rings. The van der Waals surface area contributed by atoms with Crippen LogP contribution in [0.25, 0.3) is 0 Å². The highest BCUT2D eigenvalue weighted by atomic mass is 35.5. The molecule has 0 spiro atoms. The summed E-state index contributed by atoms with van der Waals surface area (Å²) in [7, 11) is 0. The number of halogens is 1. The molecule has 0 aromatic carbocycles. The second-order valence-corrected chi connectivity index (χ2v) is 5.39. The van der Waals surface area contributed by atoms with Gasteiger partial charge in [0, 0.05) is 0 Å². The molecule has 0 radical (unpaired) electrons. The molecule has 1 aliphatic rings. The van der Waals surface area contributed by atoms with E-state index in [1.54, 1.807) is 0 Å². The average Bonchev–Trinajstić information content (AvgIpc) is 2.23. The molecule has 0 saturated heterocycles. The van der Waals surface area contributed by atoms with Gasteiger partial charge < -0.3 is 9.72 Å². The minimum absolute atomic E-state index is 0.0402. The van der Waals surface area contributed by atoms with Gasteiger partial charge >= 0.3 is 0 Å². The molecule has 1 aliphatic carbocycles. The minimum atomic E-state index is -0.353. The molecular formula is C12H17ClN2O2. The average molecular weight is 257 g/mol. The molecule has 1 N–H and O–H groups in total. The topological polar surface area (TPSA) is 55.0 Å². The van der Waals surface area contributed by atoms with Crippen LogP contribution in [0, 0.1) is 11.8 Å². The molecule has 0 amide bonds. The molecule has 4 nitrogen and oxygen atoms in total. The van der Waals surface area contributed by atoms with Crippen molar-refractivity contribution in [3.05, 3.63) is 21.7 Å². The van der Waals surface area contributed by atoms with E-state index in [0.29, 0.717) is 11.8 Å². The molecule has 2 unspecified atom stereocenters. The van der Waals surface area contributed by atoms with Gasteiger partial charge in [0.15, 0.2) is 5.02 Å². The number of H-pyrrole nitrogens is 1. The molecular weight excluding hydrogens is 240 g/mol. The van der Waals surface area contributed by atoms with Crippen molar-refractivity contribution in [2.45, 2.75) is 39.2 Å². The van der Waals surface area contributed by atoms with Gasteiger partial charge in [0.05, 0.1) is 6.33 Å². The van der Waals surface area contributed by atoms with Gasteiger partial charge in [-0.05, 0) is 31.1 Å². The van der Waals surface area contributed by atoms with E-state index in [9.17, 15) is 4.79 Å². The number of hydrogen-bond donors (Lipinski definition) is 1. The Morgan fingerprint density at radius 3 is 2.65 bits per heavy atom. The Labute approximate surface area is 105 Å². The molecule has 0 aliphatic heterocycles. The van der Waals surface area contributed by atoms with Crippen molar-refractivity contribution in [2.24, 2.45) is 11.8 Å². The van der Waals surface area contributed by atoms with Crippen molar-refractivity contribution in [3.63, 3.8) is 0 Å². The zero-order valence-electron chi connectivity index (χ0n) is 10.1. The van der Waals surface area contributed by atoms with Gasteiger partial charge in [0.1, 0.15) is 6.10 Å². The van der Waals surface area contributed by atoms with Crippen molar-refractivity contribution < 1.29 is 4.74 Å².